The van der Waals surface area contributed by atoms with Gasteiger partial charge >= 0.3 is 0 Å². The molecule has 1 N–H and O–H groups in total. The lowest BCUT2D eigenvalue weighted by atomic mass is 10.00. The predicted octanol–water partition coefficient (Wildman–Crippen LogP) is 12.8. The maximum atomic E-state index is 3.69. The summed E-state index contributed by atoms with van der Waals surface area (Å²) in [5, 5.41) is 2.16. The lowest BCUT2D eigenvalue weighted by molar-refractivity contribution is 0.220. The molecule has 0 atom stereocenters. The van der Waals surface area contributed by atoms with Gasteiger partial charge in [0.1, 0.15) is 0 Å². The van der Waals surface area contributed by atoms with E-state index in [0.29, 0.717) is 6.04 Å². The standard InChI is InChI=1S/C39H74N2/c1-5-7-9-11-13-15-17-19-21-23-25-27-29-31-33-35-37-39(40-41(3)4)38-36-34-32-30-28-26-24-22-20-18-16-14-12-10-8-6-2/h13-16,19-22,39-40H,5-12,17-18,23-38H2,1-4H3. The summed E-state index contributed by atoms with van der Waals surface area (Å²) in [6, 6.07) is 0.654. The van der Waals surface area contributed by atoms with E-state index in [4.69, 9.17) is 0 Å². The van der Waals surface area contributed by atoms with Gasteiger partial charge in [0, 0.05) is 20.1 Å². The summed E-state index contributed by atoms with van der Waals surface area (Å²) in [6.07, 6.45) is 53.5. The maximum Gasteiger partial charge on any atom is 0.0215 e. The van der Waals surface area contributed by atoms with Gasteiger partial charge < -0.3 is 0 Å². The lowest BCUT2D eigenvalue weighted by Gasteiger charge is -2.23. The second kappa shape index (κ2) is 35.1. The molecule has 0 heterocycles. The van der Waals surface area contributed by atoms with Crippen LogP contribution >= 0.6 is 0 Å². The van der Waals surface area contributed by atoms with Crippen molar-refractivity contribution in [3.05, 3.63) is 48.6 Å². The van der Waals surface area contributed by atoms with Crippen molar-refractivity contribution in [1.29, 1.82) is 0 Å². The molecule has 0 radical (unpaired) electrons. The van der Waals surface area contributed by atoms with Gasteiger partial charge in [0.25, 0.3) is 0 Å². The number of nitrogens with zero attached hydrogens (tertiary/aromatic N) is 1. The molecule has 0 fully saturated rings. The van der Waals surface area contributed by atoms with Crippen molar-refractivity contribution < 1.29 is 0 Å². The second-order valence-corrected chi connectivity index (χ2v) is 12.5. The molecule has 0 saturated heterocycles. The minimum atomic E-state index is 0.654. The van der Waals surface area contributed by atoms with Crippen LogP contribution in [0.3, 0.4) is 0 Å². The van der Waals surface area contributed by atoms with Crippen molar-refractivity contribution in [2.24, 2.45) is 0 Å². The van der Waals surface area contributed by atoms with E-state index in [2.05, 4.69) is 87.0 Å². The van der Waals surface area contributed by atoms with Crippen LogP contribution in [0.2, 0.25) is 0 Å². The van der Waals surface area contributed by atoms with Gasteiger partial charge in [-0.1, -0.05) is 152 Å². The third kappa shape index (κ3) is 35.0. The highest BCUT2D eigenvalue weighted by molar-refractivity contribution is 4.93. The number of unbranched alkanes of at least 4 members (excludes halogenated alkanes) is 18. The van der Waals surface area contributed by atoms with Crippen molar-refractivity contribution in [3.63, 3.8) is 0 Å². The smallest absolute Gasteiger partial charge is 0.0215 e. The van der Waals surface area contributed by atoms with Crippen molar-refractivity contribution in [3.8, 4) is 0 Å². The van der Waals surface area contributed by atoms with Crippen LogP contribution in [0.5, 0.6) is 0 Å². The predicted molar refractivity (Wildman–Crippen MR) is 189 cm³/mol. The zero-order valence-electron chi connectivity index (χ0n) is 28.5. The number of nitrogens with one attached hydrogen (secondary N) is 1. The van der Waals surface area contributed by atoms with Gasteiger partial charge in [-0.05, 0) is 77.0 Å². The molecule has 0 aromatic heterocycles. The Hall–Kier alpha value is -1.12. The fourth-order valence-corrected chi connectivity index (χ4v) is 5.40. The second-order valence-electron chi connectivity index (χ2n) is 12.5. The lowest BCUT2D eigenvalue weighted by Crippen LogP contribution is -2.39. The van der Waals surface area contributed by atoms with Gasteiger partial charge in [-0.25, -0.2) is 0 Å². The number of hydrazine groups is 1. The Bertz CT molecular complexity index is 553. The van der Waals surface area contributed by atoms with E-state index in [-0.39, 0.29) is 0 Å². The molecular weight excluding hydrogens is 496 g/mol. The highest BCUT2D eigenvalue weighted by Gasteiger charge is 2.08. The number of hydrogen-bond acceptors (Lipinski definition) is 2. The third-order valence-electron chi connectivity index (χ3n) is 7.95. The molecule has 240 valence electrons. The molecule has 0 aliphatic carbocycles. The van der Waals surface area contributed by atoms with Gasteiger partial charge in [0.2, 0.25) is 0 Å². The van der Waals surface area contributed by atoms with E-state index in [0.717, 1.165) is 12.8 Å². The molecule has 0 aromatic carbocycles. The Morgan fingerprint density at radius 3 is 1.07 bits per heavy atom. The summed E-state index contributed by atoms with van der Waals surface area (Å²) in [4.78, 5) is 0. The van der Waals surface area contributed by atoms with Gasteiger partial charge in [-0.3, -0.25) is 10.4 Å². The number of hydrogen-bond donors (Lipinski definition) is 1. The highest BCUT2D eigenvalue weighted by Crippen LogP contribution is 2.15. The average Bonchev–Trinajstić information content (AvgIpc) is 2.96. The van der Waals surface area contributed by atoms with Crippen LogP contribution in [-0.4, -0.2) is 25.1 Å². The van der Waals surface area contributed by atoms with Crippen LogP contribution in [0.1, 0.15) is 181 Å². The normalized spacial score (nSPS) is 13.3. The molecule has 2 nitrogen and oxygen atoms in total. The van der Waals surface area contributed by atoms with Crippen LogP contribution in [0.15, 0.2) is 48.6 Å². The zero-order chi connectivity index (χ0) is 29.9. The number of rotatable bonds is 32. The van der Waals surface area contributed by atoms with Crippen LogP contribution in [-0.2, 0) is 0 Å². The van der Waals surface area contributed by atoms with Gasteiger partial charge in [-0.2, -0.15) is 0 Å². The molecule has 0 amide bonds. The maximum absolute atomic E-state index is 3.69. The monoisotopic (exact) mass is 571 g/mol. The van der Waals surface area contributed by atoms with Crippen molar-refractivity contribution >= 4 is 0 Å². The zero-order valence-corrected chi connectivity index (χ0v) is 28.5. The molecule has 0 aliphatic heterocycles. The average molecular weight is 571 g/mol. The van der Waals surface area contributed by atoms with Crippen molar-refractivity contribution in [1.82, 2.24) is 10.4 Å². The summed E-state index contributed by atoms with van der Waals surface area (Å²) < 4.78 is 0. The van der Waals surface area contributed by atoms with Crippen molar-refractivity contribution in [2.45, 2.75) is 187 Å². The Morgan fingerprint density at radius 2 is 0.732 bits per heavy atom. The van der Waals surface area contributed by atoms with E-state index in [1.807, 2.05) is 0 Å². The van der Waals surface area contributed by atoms with E-state index >= 15 is 0 Å². The van der Waals surface area contributed by atoms with Gasteiger partial charge in [0.15, 0.2) is 0 Å². The molecule has 0 spiro atoms. The molecular formula is C39H74N2. The molecule has 0 aliphatic rings. The van der Waals surface area contributed by atoms with Crippen LogP contribution in [0.25, 0.3) is 0 Å². The largest absolute Gasteiger partial charge is 0.253 e. The highest BCUT2D eigenvalue weighted by atomic mass is 15.5. The fraction of sp³-hybridized carbons (Fsp3) is 0.795. The summed E-state index contributed by atoms with van der Waals surface area (Å²) in [5.41, 5.74) is 3.69. The first-order valence-electron chi connectivity index (χ1n) is 18.2. The first kappa shape index (κ1) is 39.9. The van der Waals surface area contributed by atoms with E-state index in [1.165, 1.54) is 154 Å². The summed E-state index contributed by atoms with van der Waals surface area (Å²) in [5.74, 6) is 0. The minimum absolute atomic E-state index is 0.654. The fourth-order valence-electron chi connectivity index (χ4n) is 5.40. The minimum Gasteiger partial charge on any atom is -0.253 e. The Labute approximate surface area is 259 Å². The Balaban J connectivity index is 3.62. The van der Waals surface area contributed by atoms with Crippen LogP contribution in [0.4, 0.5) is 0 Å². The van der Waals surface area contributed by atoms with E-state index < -0.39 is 0 Å². The SMILES string of the molecule is CCCCCC=CCC=CCCCCCCCCC(CCCCCCCCC=CCC=CCCCCC)NN(C)C. The van der Waals surface area contributed by atoms with Crippen LogP contribution in [0, 0.1) is 0 Å². The summed E-state index contributed by atoms with van der Waals surface area (Å²) >= 11 is 0. The van der Waals surface area contributed by atoms with E-state index in [9.17, 15) is 0 Å². The molecule has 2 heteroatoms. The Kier molecular flexibility index (Phi) is 34.1. The molecule has 0 aromatic rings. The van der Waals surface area contributed by atoms with Gasteiger partial charge in [0.05, 0.1) is 0 Å². The quantitative estimate of drug-likeness (QED) is 0.0491. The summed E-state index contributed by atoms with van der Waals surface area (Å²) in [6.45, 7) is 4.54. The van der Waals surface area contributed by atoms with Gasteiger partial charge in [-0.15, -0.1) is 0 Å². The first-order valence-corrected chi connectivity index (χ1v) is 18.2. The summed E-state index contributed by atoms with van der Waals surface area (Å²) in [7, 11) is 4.29. The number of allylic oxidation sites excluding steroid dienone is 8. The topological polar surface area (TPSA) is 15.3 Å². The first-order chi connectivity index (χ1) is 20.2. The molecule has 41 heavy (non-hydrogen) atoms. The molecule has 0 rings (SSSR count). The van der Waals surface area contributed by atoms with Crippen LogP contribution < -0.4 is 5.43 Å². The molecule has 0 bridgehead atoms. The van der Waals surface area contributed by atoms with E-state index in [1.54, 1.807) is 0 Å². The molecule has 0 saturated carbocycles. The molecule has 0 unspecified atom stereocenters. The van der Waals surface area contributed by atoms with Crippen molar-refractivity contribution in [2.75, 3.05) is 14.1 Å². The third-order valence-corrected chi connectivity index (χ3v) is 7.95. The Morgan fingerprint density at radius 1 is 0.415 bits per heavy atom.